The lowest BCUT2D eigenvalue weighted by atomic mass is 10.1. The van der Waals surface area contributed by atoms with E-state index in [1.54, 1.807) is 17.0 Å². The molecule has 1 aromatic rings. The van der Waals surface area contributed by atoms with E-state index in [2.05, 4.69) is 5.32 Å². The van der Waals surface area contributed by atoms with Gasteiger partial charge in [0.2, 0.25) is 0 Å². The molecule has 5 heteroatoms. The fourth-order valence-corrected chi connectivity index (χ4v) is 2.67. The molecule has 2 rings (SSSR count). The highest BCUT2D eigenvalue weighted by molar-refractivity contribution is 14.1. The summed E-state index contributed by atoms with van der Waals surface area (Å²) < 4.78 is 14.4. The first-order chi connectivity index (χ1) is 8.09. The Morgan fingerprint density at radius 1 is 1.59 bits per heavy atom. The molecule has 0 bridgehead atoms. The van der Waals surface area contributed by atoms with Gasteiger partial charge in [-0.15, -0.1) is 0 Å². The van der Waals surface area contributed by atoms with Gasteiger partial charge < -0.3 is 10.2 Å². The number of carbonyl (C=O) groups is 1. The highest BCUT2D eigenvalue weighted by atomic mass is 127. The maximum Gasteiger partial charge on any atom is 0.258 e. The first-order valence-corrected chi connectivity index (χ1v) is 6.64. The van der Waals surface area contributed by atoms with Crippen LogP contribution >= 0.6 is 22.6 Å². The Morgan fingerprint density at radius 3 is 3.00 bits per heavy atom. The third kappa shape index (κ3) is 2.77. The van der Waals surface area contributed by atoms with Gasteiger partial charge in [-0.1, -0.05) is 6.07 Å². The van der Waals surface area contributed by atoms with Crippen molar-refractivity contribution in [1.29, 1.82) is 0 Å². The molecule has 1 saturated heterocycles. The fourth-order valence-electron chi connectivity index (χ4n) is 1.98. The van der Waals surface area contributed by atoms with Gasteiger partial charge in [0.15, 0.2) is 0 Å². The van der Waals surface area contributed by atoms with Crippen LogP contribution in [0.5, 0.6) is 0 Å². The van der Waals surface area contributed by atoms with Crippen LogP contribution in [0.3, 0.4) is 0 Å². The summed E-state index contributed by atoms with van der Waals surface area (Å²) in [4.78, 5) is 14.0. The second kappa shape index (κ2) is 5.30. The van der Waals surface area contributed by atoms with Crippen molar-refractivity contribution in [2.75, 3.05) is 19.6 Å². The van der Waals surface area contributed by atoms with Gasteiger partial charge in [0.1, 0.15) is 5.82 Å². The van der Waals surface area contributed by atoms with Crippen molar-refractivity contribution in [1.82, 2.24) is 10.2 Å². The number of carbonyl (C=O) groups excluding carboxylic acids is 1. The second-order valence-electron chi connectivity index (χ2n) is 4.20. The number of amides is 1. The Morgan fingerprint density at radius 2 is 2.35 bits per heavy atom. The lowest BCUT2D eigenvalue weighted by molar-refractivity contribution is 0.0703. The number of halogens is 2. The third-order valence-electron chi connectivity index (χ3n) is 2.83. The number of rotatable bonds is 1. The number of nitrogens with one attached hydrogen (secondary N) is 1. The highest BCUT2D eigenvalue weighted by Gasteiger charge is 2.25. The van der Waals surface area contributed by atoms with Gasteiger partial charge in [-0.2, -0.15) is 0 Å². The lowest BCUT2D eigenvalue weighted by Crippen LogP contribution is -2.51. The molecule has 0 aromatic heterocycles. The molecule has 17 heavy (non-hydrogen) atoms. The SMILES string of the molecule is CC1CN(C(=O)c2c(F)cccc2I)CCN1. The van der Waals surface area contributed by atoms with E-state index in [4.69, 9.17) is 0 Å². The largest absolute Gasteiger partial charge is 0.336 e. The monoisotopic (exact) mass is 348 g/mol. The first-order valence-electron chi connectivity index (χ1n) is 5.56. The van der Waals surface area contributed by atoms with Crippen molar-refractivity contribution >= 4 is 28.5 Å². The first kappa shape index (κ1) is 12.8. The number of hydrogen-bond acceptors (Lipinski definition) is 2. The summed E-state index contributed by atoms with van der Waals surface area (Å²) in [6, 6.07) is 4.97. The standard InChI is InChI=1S/C12H14FIN2O/c1-8-7-16(6-5-15-8)12(17)11-9(13)3-2-4-10(11)14/h2-4,8,15H,5-7H2,1H3. The van der Waals surface area contributed by atoms with Gasteiger partial charge in [-0.3, -0.25) is 4.79 Å². The van der Waals surface area contributed by atoms with Crippen molar-refractivity contribution in [3.8, 4) is 0 Å². The van der Waals surface area contributed by atoms with Gasteiger partial charge in [0.25, 0.3) is 5.91 Å². The zero-order chi connectivity index (χ0) is 12.4. The van der Waals surface area contributed by atoms with Gasteiger partial charge in [-0.05, 0) is 41.6 Å². The smallest absolute Gasteiger partial charge is 0.258 e. The number of nitrogens with zero attached hydrogens (tertiary/aromatic N) is 1. The molecular weight excluding hydrogens is 334 g/mol. The fraction of sp³-hybridized carbons (Fsp3) is 0.417. The van der Waals surface area contributed by atoms with E-state index >= 15 is 0 Å². The lowest BCUT2D eigenvalue weighted by Gasteiger charge is -2.32. The molecule has 1 aromatic carbocycles. The normalized spacial score (nSPS) is 20.4. The quantitative estimate of drug-likeness (QED) is 0.786. The van der Waals surface area contributed by atoms with Crippen LogP contribution in [0.4, 0.5) is 4.39 Å². The second-order valence-corrected chi connectivity index (χ2v) is 5.37. The van der Waals surface area contributed by atoms with E-state index in [0.29, 0.717) is 16.7 Å². The average Bonchev–Trinajstić information content (AvgIpc) is 2.28. The molecule has 1 N–H and O–H groups in total. The van der Waals surface area contributed by atoms with Crippen LogP contribution in [0.15, 0.2) is 18.2 Å². The van der Waals surface area contributed by atoms with Crippen molar-refractivity contribution in [2.24, 2.45) is 0 Å². The molecule has 0 aliphatic carbocycles. The molecule has 3 nitrogen and oxygen atoms in total. The minimum atomic E-state index is -0.437. The Labute approximate surface area is 114 Å². The van der Waals surface area contributed by atoms with Crippen LogP contribution in [-0.2, 0) is 0 Å². The maximum atomic E-state index is 13.7. The molecule has 0 spiro atoms. The van der Waals surface area contributed by atoms with Crippen molar-refractivity contribution in [3.63, 3.8) is 0 Å². The Balaban J connectivity index is 2.24. The van der Waals surface area contributed by atoms with E-state index in [-0.39, 0.29) is 17.5 Å². The third-order valence-corrected chi connectivity index (χ3v) is 3.73. The summed E-state index contributed by atoms with van der Waals surface area (Å²) in [5, 5.41) is 3.26. The van der Waals surface area contributed by atoms with E-state index in [9.17, 15) is 9.18 Å². The summed E-state index contributed by atoms with van der Waals surface area (Å²) in [7, 11) is 0. The predicted molar refractivity (Wildman–Crippen MR) is 72.5 cm³/mol. The van der Waals surface area contributed by atoms with E-state index in [1.807, 2.05) is 29.5 Å². The van der Waals surface area contributed by atoms with E-state index < -0.39 is 5.82 Å². The maximum absolute atomic E-state index is 13.7. The Kier molecular flexibility index (Phi) is 3.98. The molecule has 1 atom stereocenters. The van der Waals surface area contributed by atoms with E-state index in [0.717, 1.165) is 6.54 Å². The molecule has 1 aliphatic heterocycles. The molecule has 1 fully saturated rings. The Bertz CT molecular complexity index is 418. The summed E-state index contributed by atoms with van der Waals surface area (Å²) in [6.45, 7) is 4.04. The molecule has 1 unspecified atom stereocenters. The molecule has 0 radical (unpaired) electrons. The number of hydrogen-bond donors (Lipinski definition) is 1. The summed E-state index contributed by atoms with van der Waals surface area (Å²) in [6.07, 6.45) is 0. The van der Waals surface area contributed by atoms with Crippen LogP contribution in [0.1, 0.15) is 17.3 Å². The van der Waals surface area contributed by atoms with Crippen LogP contribution in [-0.4, -0.2) is 36.5 Å². The van der Waals surface area contributed by atoms with Gasteiger partial charge in [-0.25, -0.2) is 4.39 Å². The van der Waals surface area contributed by atoms with Crippen LogP contribution in [0, 0.1) is 9.39 Å². The zero-order valence-electron chi connectivity index (χ0n) is 9.54. The molecule has 1 amide bonds. The molecule has 1 heterocycles. The number of piperazine rings is 1. The number of benzene rings is 1. The molecule has 1 aliphatic rings. The minimum Gasteiger partial charge on any atom is -0.336 e. The van der Waals surface area contributed by atoms with Crippen LogP contribution in [0.2, 0.25) is 0 Å². The van der Waals surface area contributed by atoms with Crippen molar-refractivity contribution in [3.05, 3.63) is 33.1 Å². The predicted octanol–water partition coefficient (Wildman–Crippen LogP) is 1.86. The molecular formula is C12H14FIN2O. The van der Waals surface area contributed by atoms with Crippen LogP contribution < -0.4 is 5.32 Å². The zero-order valence-corrected chi connectivity index (χ0v) is 11.7. The Hall–Kier alpha value is -0.690. The van der Waals surface area contributed by atoms with Crippen molar-refractivity contribution in [2.45, 2.75) is 13.0 Å². The van der Waals surface area contributed by atoms with Gasteiger partial charge >= 0.3 is 0 Å². The van der Waals surface area contributed by atoms with Crippen molar-refractivity contribution < 1.29 is 9.18 Å². The highest BCUT2D eigenvalue weighted by Crippen LogP contribution is 2.18. The van der Waals surface area contributed by atoms with E-state index in [1.165, 1.54) is 6.07 Å². The summed E-state index contributed by atoms with van der Waals surface area (Å²) >= 11 is 2.00. The summed E-state index contributed by atoms with van der Waals surface area (Å²) in [5.74, 6) is -0.645. The minimum absolute atomic E-state index is 0.196. The van der Waals surface area contributed by atoms with Gasteiger partial charge in [0, 0.05) is 29.2 Å². The average molecular weight is 348 g/mol. The topological polar surface area (TPSA) is 32.3 Å². The van der Waals surface area contributed by atoms with Gasteiger partial charge in [0.05, 0.1) is 5.56 Å². The van der Waals surface area contributed by atoms with Crippen LogP contribution in [0.25, 0.3) is 0 Å². The molecule has 92 valence electrons. The molecule has 0 saturated carbocycles. The summed E-state index contributed by atoms with van der Waals surface area (Å²) in [5.41, 5.74) is 0.196.